The molecule has 0 aromatic rings. The van der Waals surface area contributed by atoms with E-state index in [1.54, 1.807) is 0 Å². The van der Waals surface area contributed by atoms with Gasteiger partial charge in [-0.3, -0.25) is 9.59 Å². The number of carbonyl (C=O) groups excluding carboxylic acids is 1. The zero-order valence-electron chi connectivity index (χ0n) is 28.1. The monoisotopic (exact) mass is 591 g/mol. The minimum Gasteiger partial charge on any atom is -0.481 e. The van der Waals surface area contributed by atoms with Crippen LogP contribution in [0.5, 0.6) is 0 Å². The van der Waals surface area contributed by atoms with Crippen LogP contribution in [-0.4, -0.2) is 23.1 Å². The van der Waals surface area contributed by atoms with Gasteiger partial charge in [0.15, 0.2) is 0 Å². The van der Waals surface area contributed by atoms with Crippen molar-refractivity contribution in [3.63, 3.8) is 0 Å². The maximum Gasteiger partial charge on any atom is 0.306 e. The number of esters is 1. The Hall–Kier alpha value is -1.58. The molecule has 0 aromatic heterocycles. The van der Waals surface area contributed by atoms with E-state index in [4.69, 9.17) is 9.84 Å². The van der Waals surface area contributed by atoms with Crippen LogP contribution >= 0.6 is 0 Å². The lowest BCUT2D eigenvalue weighted by atomic mass is 10.0. The van der Waals surface area contributed by atoms with E-state index in [-0.39, 0.29) is 12.1 Å². The third kappa shape index (κ3) is 32.9. The molecule has 0 spiro atoms. The van der Waals surface area contributed by atoms with Crippen molar-refractivity contribution in [1.82, 2.24) is 0 Å². The summed E-state index contributed by atoms with van der Waals surface area (Å²) in [5.74, 6) is -0.675. The van der Waals surface area contributed by atoms with E-state index in [0.29, 0.717) is 12.8 Å². The highest BCUT2D eigenvalue weighted by atomic mass is 16.5. The van der Waals surface area contributed by atoms with Gasteiger partial charge in [-0.2, -0.15) is 0 Å². The Bertz CT molecular complexity index is 639. The van der Waals surface area contributed by atoms with Crippen molar-refractivity contribution < 1.29 is 19.4 Å². The summed E-state index contributed by atoms with van der Waals surface area (Å²) in [5, 5.41) is 8.65. The number of ether oxygens (including phenoxy) is 1. The fourth-order valence-corrected chi connectivity index (χ4v) is 5.44. The van der Waals surface area contributed by atoms with Gasteiger partial charge >= 0.3 is 11.9 Å². The van der Waals surface area contributed by atoms with Gasteiger partial charge in [-0.15, -0.1) is 0 Å². The highest BCUT2D eigenvalue weighted by molar-refractivity contribution is 5.69. The Morgan fingerprint density at radius 3 is 1.45 bits per heavy atom. The molecule has 0 radical (unpaired) electrons. The van der Waals surface area contributed by atoms with E-state index < -0.39 is 5.97 Å². The normalized spacial score (nSPS) is 12.4. The van der Waals surface area contributed by atoms with Crippen LogP contribution < -0.4 is 0 Å². The van der Waals surface area contributed by atoms with Crippen LogP contribution in [0.15, 0.2) is 24.3 Å². The average molecular weight is 591 g/mol. The Labute approximate surface area is 261 Å². The Morgan fingerprint density at radius 2 is 0.976 bits per heavy atom. The first kappa shape index (κ1) is 40.4. The van der Waals surface area contributed by atoms with Crippen molar-refractivity contribution in [3.8, 4) is 0 Å². The maximum absolute atomic E-state index is 12.3. The molecular formula is C38H70O4. The fourth-order valence-electron chi connectivity index (χ4n) is 5.44. The molecule has 246 valence electrons. The quantitative estimate of drug-likeness (QED) is 0.0469. The van der Waals surface area contributed by atoms with Gasteiger partial charge in [-0.05, 0) is 64.2 Å². The lowest BCUT2D eigenvalue weighted by molar-refractivity contribution is -0.149. The highest BCUT2D eigenvalue weighted by Crippen LogP contribution is 2.16. The van der Waals surface area contributed by atoms with E-state index in [0.717, 1.165) is 57.8 Å². The molecule has 0 bridgehead atoms. The van der Waals surface area contributed by atoms with Gasteiger partial charge in [0.2, 0.25) is 0 Å². The first-order valence-corrected chi connectivity index (χ1v) is 18.3. The van der Waals surface area contributed by atoms with Gasteiger partial charge in [-0.25, -0.2) is 0 Å². The van der Waals surface area contributed by atoms with Gasteiger partial charge < -0.3 is 9.84 Å². The number of unbranched alkanes of at least 4 members (excludes halogenated alkanes) is 21. The molecule has 42 heavy (non-hydrogen) atoms. The minimum atomic E-state index is -0.677. The Morgan fingerprint density at radius 1 is 0.548 bits per heavy atom. The van der Waals surface area contributed by atoms with Gasteiger partial charge in [-0.1, -0.05) is 147 Å². The number of carboxylic acid groups (broad SMARTS) is 1. The smallest absolute Gasteiger partial charge is 0.306 e. The molecule has 4 nitrogen and oxygen atoms in total. The lowest BCUT2D eigenvalue weighted by Gasteiger charge is -2.16. The molecule has 0 aliphatic rings. The summed E-state index contributed by atoms with van der Waals surface area (Å²) in [6, 6.07) is 0. The summed E-state index contributed by atoms with van der Waals surface area (Å²) < 4.78 is 5.76. The second-order valence-corrected chi connectivity index (χ2v) is 12.4. The molecule has 0 fully saturated rings. The summed E-state index contributed by atoms with van der Waals surface area (Å²) in [7, 11) is 0. The predicted octanol–water partition coefficient (Wildman–Crippen LogP) is 12.4. The van der Waals surface area contributed by atoms with Crippen molar-refractivity contribution in [2.75, 3.05) is 0 Å². The summed E-state index contributed by atoms with van der Waals surface area (Å²) in [5.41, 5.74) is 0. The topological polar surface area (TPSA) is 63.6 Å². The third-order valence-corrected chi connectivity index (χ3v) is 8.25. The summed E-state index contributed by atoms with van der Waals surface area (Å²) >= 11 is 0. The van der Waals surface area contributed by atoms with Crippen LogP contribution in [0.2, 0.25) is 0 Å². The third-order valence-electron chi connectivity index (χ3n) is 8.25. The SMILES string of the molecule is CCCCC/C=C\C/C=C\CCCCCCCCCCCC(=O)OC(CC)CCCCCCCCCCCCC(=O)O. The maximum atomic E-state index is 12.3. The highest BCUT2D eigenvalue weighted by Gasteiger charge is 2.12. The molecule has 0 heterocycles. The van der Waals surface area contributed by atoms with Crippen LogP contribution in [0, 0.1) is 0 Å². The van der Waals surface area contributed by atoms with E-state index in [1.165, 1.54) is 116 Å². The number of allylic oxidation sites excluding steroid dienone is 4. The molecule has 0 aliphatic heterocycles. The van der Waals surface area contributed by atoms with Crippen LogP contribution in [0.25, 0.3) is 0 Å². The second kappa shape index (κ2) is 33.9. The number of carboxylic acids is 1. The fraction of sp³-hybridized carbons (Fsp3) is 0.842. The van der Waals surface area contributed by atoms with E-state index in [9.17, 15) is 9.59 Å². The molecule has 0 aliphatic carbocycles. The van der Waals surface area contributed by atoms with Gasteiger partial charge in [0.25, 0.3) is 0 Å². The van der Waals surface area contributed by atoms with Crippen molar-refractivity contribution in [3.05, 3.63) is 24.3 Å². The lowest BCUT2D eigenvalue weighted by Crippen LogP contribution is -2.17. The molecule has 1 unspecified atom stereocenters. The van der Waals surface area contributed by atoms with Crippen molar-refractivity contribution in [1.29, 1.82) is 0 Å². The zero-order chi connectivity index (χ0) is 30.8. The van der Waals surface area contributed by atoms with E-state index in [2.05, 4.69) is 38.2 Å². The Balaban J connectivity index is 3.44. The van der Waals surface area contributed by atoms with Crippen molar-refractivity contribution >= 4 is 11.9 Å². The van der Waals surface area contributed by atoms with Gasteiger partial charge in [0.1, 0.15) is 6.10 Å². The van der Waals surface area contributed by atoms with E-state index >= 15 is 0 Å². The average Bonchev–Trinajstić information content (AvgIpc) is 2.98. The summed E-state index contributed by atoms with van der Waals surface area (Å²) in [6.45, 7) is 4.38. The molecule has 1 atom stereocenters. The zero-order valence-corrected chi connectivity index (χ0v) is 28.1. The van der Waals surface area contributed by atoms with Crippen LogP contribution in [0.3, 0.4) is 0 Å². The molecule has 0 aromatic carbocycles. The molecule has 4 heteroatoms. The largest absolute Gasteiger partial charge is 0.481 e. The molecule has 0 rings (SSSR count). The van der Waals surface area contributed by atoms with Crippen LogP contribution in [0.4, 0.5) is 0 Å². The van der Waals surface area contributed by atoms with Crippen molar-refractivity contribution in [2.24, 2.45) is 0 Å². The summed E-state index contributed by atoms with van der Waals surface area (Å²) in [6.07, 6.45) is 42.8. The molecule has 0 saturated heterocycles. The second-order valence-electron chi connectivity index (χ2n) is 12.4. The van der Waals surface area contributed by atoms with Crippen LogP contribution in [-0.2, 0) is 14.3 Å². The first-order chi connectivity index (χ1) is 20.6. The minimum absolute atomic E-state index is 0.00208. The first-order valence-electron chi connectivity index (χ1n) is 18.3. The van der Waals surface area contributed by atoms with Gasteiger partial charge in [0.05, 0.1) is 0 Å². The van der Waals surface area contributed by atoms with Crippen LogP contribution in [0.1, 0.15) is 200 Å². The van der Waals surface area contributed by atoms with E-state index in [1.807, 2.05) is 0 Å². The summed E-state index contributed by atoms with van der Waals surface area (Å²) in [4.78, 5) is 22.8. The predicted molar refractivity (Wildman–Crippen MR) is 181 cm³/mol. The number of rotatable bonds is 33. The molecular weight excluding hydrogens is 520 g/mol. The number of aliphatic carboxylic acids is 1. The number of carbonyl (C=O) groups is 2. The number of hydrogen-bond acceptors (Lipinski definition) is 3. The Kier molecular flexibility index (Phi) is 32.6. The molecule has 0 amide bonds. The number of hydrogen-bond donors (Lipinski definition) is 1. The standard InChI is InChI=1S/C38H70O4/c1-3-5-6-7-8-9-10-11-12-13-14-15-16-17-18-23-26-29-32-35-38(41)42-36(4-2)33-30-27-24-21-19-20-22-25-28-31-34-37(39)40/h8-9,11-12,36H,3-7,10,13-35H2,1-2H3,(H,39,40)/b9-8-,12-11-. The molecule has 0 saturated carbocycles. The molecule has 1 N–H and O–H groups in total. The van der Waals surface area contributed by atoms with Crippen molar-refractivity contribution in [2.45, 2.75) is 206 Å². The van der Waals surface area contributed by atoms with Gasteiger partial charge in [0, 0.05) is 12.8 Å².